The highest BCUT2D eigenvalue weighted by Crippen LogP contribution is 2.02. The van der Waals surface area contributed by atoms with Crippen LogP contribution in [0.1, 0.15) is 11.3 Å². The van der Waals surface area contributed by atoms with Gasteiger partial charge in [-0.25, -0.2) is 0 Å². The Morgan fingerprint density at radius 2 is 2.32 bits per heavy atom. The number of hydrogen-bond donors (Lipinski definition) is 2. The second kappa shape index (κ2) is 7.68. The Morgan fingerprint density at radius 3 is 3.05 bits per heavy atom. The summed E-state index contributed by atoms with van der Waals surface area (Å²) in [5, 5.41) is 12.9. The van der Waals surface area contributed by atoms with Gasteiger partial charge in [-0.3, -0.25) is 4.98 Å². The lowest BCUT2D eigenvalue weighted by Crippen LogP contribution is -2.30. The van der Waals surface area contributed by atoms with Crippen LogP contribution in [0.3, 0.4) is 0 Å². The van der Waals surface area contributed by atoms with E-state index in [1.54, 1.807) is 18.7 Å². The van der Waals surface area contributed by atoms with E-state index in [2.05, 4.69) is 10.3 Å². The number of furan rings is 1. The maximum absolute atomic E-state index is 9.72. The van der Waals surface area contributed by atoms with Crippen molar-refractivity contribution in [3.63, 3.8) is 0 Å². The summed E-state index contributed by atoms with van der Waals surface area (Å²) in [7, 11) is 0. The quantitative estimate of drug-likeness (QED) is 0.751. The summed E-state index contributed by atoms with van der Waals surface area (Å²) in [6, 6.07) is 7.53. The summed E-state index contributed by atoms with van der Waals surface area (Å²) in [4.78, 5) is 4.02. The zero-order chi connectivity index (χ0) is 13.3. The lowest BCUT2D eigenvalue weighted by Gasteiger charge is -2.11. The zero-order valence-electron chi connectivity index (χ0n) is 10.7. The molecule has 2 heterocycles. The summed E-state index contributed by atoms with van der Waals surface area (Å²) >= 11 is 0. The van der Waals surface area contributed by atoms with Crippen molar-refractivity contribution in [2.75, 3.05) is 13.2 Å². The number of pyridine rings is 1. The number of rotatable bonds is 8. The Balaban J connectivity index is 1.56. The van der Waals surface area contributed by atoms with Crippen molar-refractivity contribution < 1.29 is 14.3 Å². The molecule has 0 radical (unpaired) electrons. The molecular weight excluding hydrogens is 244 g/mol. The first-order chi connectivity index (χ1) is 9.34. The highest BCUT2D eigenvalue weighted by atomic mass is 16.5. The smallest absolute Gasteiger partial charge is 0.129 e. The Morgan fingerprint density at radius 1 is 1.37 bits per heavy atom. The topological polar surface area (TPSA) is 67.5 Å². The minimum absolute atomic E-state index is 0.279. The molecule has 0 aromatic carbocycles. The molecule has 0 saturated heterocycles. The van der Waals surface area contributed by atoms with Crippen LogP contribution in [0.25, 0.3) is 0 Å². The van der Waals surface area contributed by atoms with E-state index in [1.807, 2.05) is 24.3 Å². The largest absolute Gasteiger partial charge is 0.467 e. The molecule has 2 N–H and O–H groups in total. The van der Waals surface area contributed by atoms with Crippen LogP contribution in [-0.2, 0) is 17.9 Å². The van der Waals surface area contributed by atoms with Gasteiger partial charge in [0.2, 0.25) is 0 Å². The van der Waals surface area contributed by atoms with Crippen molar-refractivity contribution in [1.29, 1.82) is 0 Å². The van der Waals surface area contributed by atoms with Crippen molar-refractivity contribution >= 4 is 0 Å². The fourth-order valence-corrected chi connectivity index (χ4v) is 1.63. The zero-order valence-corrected chi connectivity index (χ0v) is 10.7. The molecule has 0 aliphatic carbocycles. The average molecular weight is 262 g/mol. The van der Waals surface area contributed by atoms with Gasteiger partial charge in [-0.1, -0.05) is 6.07 Å². The Hall–Kier alpha value is -1.69. The van der Waals surface area contributed by atoms with Gasteiger partial charge >= 0.3 is 0 Å². The van der Waals surface area contributed by atoms with Crippen molar-refractivity contribution in [2.45, 2.75) is 19.3 Å². The molecule has 1 unspecified atom stereocenters. The number of nitrogens with zero attached hydrogens (tertiary/aromatic N) is 1. The molecule has 5 heteroatoms. The molecule has 2 aromatic heterocycles. The fraction of sp³-hybridized carbons (Fsp3) is 0.357. The van der Waals surface area contributed by atoms with E-state index in [9.17, 15) is 5.11 Å². The first-order valence-electron chi connectivity index (χ1n) is 6.22. The van der Waals surface area contributed by atoms with Crippen molar-refractivity contribution in [3.8, 4) is 0 Å². The molecule has 5 nitrogen and oxygen atoms in total. The van der Waals surface area contributed by atoms with Gasteiger partial charge in [-0.2, -0.15) is 0 Å². The Labute approximate surface area is 112 Å². The van der Waals surface area contributed by atoms with Gasteiger partial charge in [0.05, 0.1) is 19.0 Å². The molecule has 0 amide bonds. The van der Waals surface area contributed by atoms with Gasteiger partial charge in [-0.15, -0.1) is 0 Å². The molecule has 0 fully saturated rings. The van der Waals surface area contributed by atoms with Gasteiger partial charge in [0.15, 0.2) is 0 Å². The third kappa shape index (κ3) is 5.21. The van der Waals surface area contributed by atoms with Gasteiger partial charge in [0.1, 0.15) is 12.4 Å². The third-order valence-electron chi connectivity index (χ3n) is 2.57. The molecule has 1 atom stereocenters. The van der Waals surface area contributed by atoms with Crippen LogP contribution in [0, 0.1) is 0 Å². The van der Waals surface area contributed by atoms with Crippen LogP contribution in [-0.4, -0.2) is 29.3 Å². The minimum atomic E-state index is -0.536. The number of aliphatic hydroxyl groups is 1. The molecule has 0 saturated carbocycles. The maximum atomic E-state index is 9.72. The van der Waals surface area contributed by atoms with E-state index in [0.29, 0.717) is 19.7 Å². The highest BCUT2D eigenvalue weighted by Gasteiger charge is 2.04. The first-order valence-corrected chi connectivity index (χ1v) is 6.22. The Bertz CT molecular complexity index is 445. The molecule has 0 spiro atoms. The number of aliphatic hydroxyl groups excluding tert-OH is 1. The van der Waals surface area contributed by atoms with E-state index in [4.69, 9.17) is 9.15 Å². The number of ether oxygens (including phenoxy) is 1. The van der Waals surface area contributed by atoms with Gasteiger partial charge in [-0.05, 0) is 23.8 Å². The second-order valence-electron chi connectivity index (χ2n) is 4.24. The lowest BCUT2D eigenvalue weighted by molar-refractivity contribution is 0.0225. The van der Waals surface area contributed by atoms with Crippen LogP contribution in [0.5, 0.6) is 0 Å². The van der Waals surface area contributed by atoms with Crippen LogP contribution in [0.4, 0.5) is 0 Å². The molecule has 102 valence electrons. The van der Waals surface area contributed by atoms with E-state index >= 15 is 0 Å². The third-order valence-corrected chi connectivity index (χ3v) is 2.57. The number of nitrogens with one attached hydrogen (secondary N) is 1. The highest BCUT2D eigenvalue weighted by molar-refractivity contribution is 5.07. The molecule has 2 rings (SSSR count). The summed E-state index contributed by atoms with van der Waals surface area (Å²) in [6.07, 6.45) is 4.60. The van der Waals surface area contributed by atoms with Crippen LogP contribution in [0.15, 0.2) is 47.3 Å². The monoisotopic (exact) mass is 262 g/mol. The summed E-state index contributed by atoms with van der Waals surface area (Å²) in [6.45, 7) is 1.82. The maximum Gasteiger partial charge on any atom is 0.129 e. The summed E-state index contributed by atoms with van der Waals surface area (Å²) in [5.41, 5.74) is 1.09. The van der Waals surface area contributed by atoms with E-state index < -0.39 is 6.10 Å². The normalized spacial score (nSPS) is 12.5. The summed E-state index contributed by atoms with van der Waals surface area (Å²) < 4.78 is 10.5. The Kier molecular flexibility index (Phi) is 5.55. The average Bonchev–Trinajstić information content (AvgIpc) is 2.93. The fourth-order valence-electron chi connectivity index (χ4n) is 1.63. The van der Waals surface area contributed by atoms with Crippen LogP contribution >= 0.6 is 0 Å². The van der Waals surface area contributed by atoms with Gasteiger partial charge in [0.25, 0.3) is 0 Å². The SMILES string of the molecule is OC(CNCc1cccnc1)COCc1ccco1. The first kappa shape index (κ1) is 13.7. The molecule has 0 bridgehead atoms. The van der Waals surface area contributed by atoms with Crippen LogP contribution < -0.4 is 5.32 Å². The molecular formula is C14H18N2O3. The predicted octanol–water partition coefficient (Wildman–Crippen LogP) is 1.34. The van der Waals surface area contributed by atoms with E-state index in [0.717, 1.165) is 11.3 Å². The molecule has 19 heavy (non-hydrogen) atoms. The van der Waals surface area contributed by atoms with E-state index in [1.165, 1.54) is 0 Å². The molecule has 2 aromatic rings. The minimum Gasteiger partial charge on any atom is -0.467 e. The molecule has 0 aliphatic heterocycles. The summed E-state index contributed by atoms with van der Waals surface area (Å²) in [5.74, 6) is 0.760. The van der Waals surface area contributed by atoms with Crippen molar-refractivity contribution in [2.24, 2.45) is 0 Å². The number of aromatic nitrogens is 1. The predicted molar refractivity (Wildman–Crippen MR) is 70.3 cm³/mol. The molecule has 0 aliphatic rings. The van der Waals surface area contributed by atoms with Gasteiger partial charge < -0.3 is 19.6 Å². The lowest BCUT2D eigenvalue weighted by atomic mass is 10.3. The van der Waals surface area contributed by atoms with E-state index in [-0.39, 0.29) is 6.61 Å². The van der Waals surface area contributed by atoms with Gasteiger partial charge in [0, 0.05) is 25.5 Å². The number of hydrogen-bond acceptors (Lipinski definition) is 5. The second-order valence-corrected chi connectivity index (χ2v) is 4.24. The van der Waals surface area contributed by atoms with Crippen molar-refractivity contribution in [1.82, 2.24) is 10.3 Å². The van der Waals surface area contributed by atoms with Crippen LogP contribution in [0.2, 0.25) is 0 Å². The van der Waals surface area contributed by atoms with Crippen molar-refractivity contribution in [3.05, 3.63) is 54.2 Å². The standard InChI is InChI=1S/C14H18N2O3/c17-13(10-18-11-14-4-2-6-19-14)9-16-8-12-3-1-5-15-7-12/h1-7,13,16-17H,8-11H2.